The first-order valence-corrected chi connectivity index (χ1v) is 7.41. The molecule has 1 saturated carbocycles. The maximum absolute atomic E-state index is 5.93. The van der Waals surface area contributed by atoms with Gasteiger partial charge in [-0.25, -0.2) is 4.98 Å². The third-order valence-corrected chi connectivity index (χ3v) is 4.04. The van der Waals surface area contributed by atoms with E-state index in [-0.39, 0.29) is 0 Å². The van der Waals surface area contributed by atoms with Gasteiger partial charge in [0, 0.05) is 17.5 Å². The number of rotatable bonds is 4. The molecule has 5 heteroatoms. The highest BCUT2D eigenvalue weighted by Gasteiger charge is 2.30. The van der Waals surface area contributed by atoms with Crippen LogP contribution in [0, 0.1) is 5.92 Å². The van der Waals surface area contributed by atoms with E-state index >= 15 is 0 Å². The summed E-state index contributed by atoms with van der Waals surface area (Å²) >= 11 is 3.42. The van der Waals surface area contributed by atoms with Gasteiger partial charge in [-0.3, -0.25) is 0 Å². The summed E-state index contributed by atoms with van der Waals surface area (Å²) in [6.45, 7) is 2.83. The predicted octanol–water partition coefficient (Wildman–Crippen LogP) is 3.53. The Morgan fingerprint density at radius 2 is 2.26 bits per heavy atom. The number of fused-ring (bicyclic) bond motifs is 1. The molecule has 1 aromatic heterocycles. The van der Waals surface area contributed by atoms with Crippen LogP contribution in [0.25, 0.3) is 11.1 Å². The molecule has 1 aliphatic rings. The zero-order valence-electron chi connectivity index (χ0n) is 10.9. The molecule has 19 heavy (non-hydrogen) atoms. The summed E-state index contributed by atoms with van der Waals surface area (Å²) in [6.07, 6.45) is 3.51. The summed E-state index contributed by atoms with van der Waals surface area (Å²) in [5.74, 6) is 1.40. The van der Waals surface area contributed by atoms with Gasteiger partial charge in [0.05, 0.1) is 11.8 Å². The van der Waals surface area contributed by atoms with Crippen LogP contribution >= 0.6 is 15.9 Å². The van der Waals surface area contributed by atoms with E-state index in [4.69, 9.17) is 14.9 Å². The van der Waals surface area contributed by atoms with Crippen LogP contribution in [0.15, 0.2) is 21.0 Å². The molecule has 4 nitrogen and oxygen atoms in total. The smallest absolute Gasteiger partial charge is 0.195 e. The van der Waals surface area contributed by atoms with Crippen molar-refractivity contribution in [2.75, 3.05) is 12.3 Å². The molecule has 0 aliphatic heterocycles. The van der Waals surface area contributed by atoms with Crippen LogP contribution in [0.1, 0.15) is 25.7 Å². The molecular formula is C14H17BrN2O2. The molecule has 1 fully saturated rings. The maximum atomic E-state index is 5.93. The minimum atomic E-state index is 0.429. The lowest BCUT2D eigenvalue weighted by atomic mass is 9.80. The van der Waals surface area contributed by atoms with E-state index in [9.17, 15) is 0 Å². The average Bonchev–Trinajstić information content (AvgIpc) is 2.69. The Bertz CT molecular complexity index is 590. The van der Waals surface area contributed by atoms with E-state index in [1.54, 1.807) is 0 Å². The Kier molecular flexibility index (Phi) is 3.50. The van der Waals surface area contributed by atoms with Crippen LogP contribution in [0.2, 0.25) is 0 Å². The van der Waals surface area contributed by atoms with E-state index in [1.165, 1.54) is 0 Å². The average molecular weight is 325 g/mol. The number of aromatic nitrogens is 1. The largest absolute Gasteiger partial charge is 0.439 e. The third-order valence-electron chi connectivity index (χ3n) is 3.59. The van der Waals surface area contributed by atoms with Gasteiger partial charge < -0.3 is 14.9 Å². The molecule has 0 amide bonds. The molecule has 1 aromatic carbocycles. The van der Waals surface area contributed by atoms with Gasteiger partial charge >= 0.3 is 0 Å². The van der Waals surface area contributed by atoms with Crippen molar-refractivity contribution in [3.63, 3.8) is 0 Å². The molecule has 0 atom stereocenters. The molecule has 102 valence electrons. The fraction of sp³-hybridized carbons (Fsp3) is 0.500. The van der Waals surface area contributed by atoms with Crippen LogP contribution in [0.3, 0.4) is 0 Å². The van der Waals surface area contributed by atoms with Gasteiger partial charge in [0.1, 0.15) is 5.52 Å². The Labute approximate surface area is 120 Å². The van der Waals surface area contributed by atoms with Crippen LogP contribution in [0.4, 0.5) is 5.69 Å². The van der Waals surface area contributed by atoms with Gasteiger partial charge in [-0.2, -0.15) is 0 Å². The minimum Gasteiger partial charge on any atom is -0.439 e. The van der Waals surface area contributed by atoms with Crippen LogP contribution in [-0.2, 0) is 11.2 Å². The highest BCUT2D eigenvalue weighted by molar-refractivity contribution is 9.10. The second-order valence-corrected chi connectivity index (χ2v) is 5.99. The first-order chi connectivity index (χ1) is 9.15. The van der Waals surface area contributed by atoms with Gasteiger partial charge in [-0.1, -0.05) is 15.9 Å². The van der Waals surface area contributed by atoms with Gasteiger partial charge in [0.25, 0.3) is 0 Å². The first kappa shape index (κ1) is 12.9. The zero-order valence-corrected chi connectivity index (χ0v) is 12.4. The monoisotopic (exact) mass is 324 g/mol. The summed E-state index contributed by atoms with van der Waals surface area (Å²) in [4.78, 5) is 4.51. The van der Waals surface area contributed by atoms with Crippen molar-refractivity contribution in [1.29, 1.82) is 0 Å². The van der Waals surface area contributed by atoms with Gasteiger partial charge in [-0.05, 0) is 37.8 Å². The Hall–Kier alpha value is -1.07. The number of benzene rings is 1. The van der Waals surface area contributed by atoms with Crippen molar-refractivity contribution in [3.05, 3.63) is 22.5 Å². The Morgan fingerprint density at radius 3 is 3.00 bits per heavy atom. The van der Waals surface area contributed by atoms with E-state index in [0.29, 0.717) is 23.3 Å². The lowest BCUT2D eigenvalue weighted by Crippen LogP contribution is -2.32. The van der Waals surface area contributed by atoms with E-state index in [2.05, 4.69) is 20.9 Å². The van der Waals surface area contributed by atoms with Crippen molar-refractivity contribution < 1.29 is 9.15 Å². The predicted molar refractivity (Wildman–Crippen MR) is 78.0 cm³/mol. The number of nitrogens with two attached hydrogens (primary N) is 1. The normalized spacial score (nSPS) is 22.6. The summed E-state index contributed by atoms with van der Waals surface area (Å²) < 4.78 is 12.2. The molecule has 2 N–H and O–H groups in total. The molecule has 0 spiro atoms. The molecule has 0 unspecified atom stereocenters. The lowest BCUT2D eigenvalue weighted by Gasteiger charge is -2.34. The van der Waals surface area contributed by atoms with Crippen molar-refractivity contribution in [1.82, 2.24) is 4.98 Å². The van der Waals surface area contributed by atoms with Crippen LogP contribution < -0.4 is 5.73 Å². The van der Waals surface area contributed by atoms with E-state index in [1.807, 2.05) is 19.1 Å². The number of ether oxygens (including phenoxy) is 1. The molecule has 0 radical (unpaired) electrons. The molecule has 2 aromatic rings. The van der Waals surface area contributed by atoms with Crippen molar-refractivity contribution in [2.45, 2.75) is 32.3 Å². The second kappa shape index (κ2) is 5.13. The standard InChI is InChI=1S/C14H17BrN2O2/c1-2-18-10-3-8(4-10)5-13-17-12-7-9(15)6-11(16)14(12)19-13/h6-8,10H,2-5,16H2,1H3. The topological polar surface area (TPSA) is 61.3 Å². The maximum Gasteiger partial charge on any atom is 0.195 e. The summed E-state index contributed by atoms with van der Waals surface area (Å²) in [5.41, 5.74) is 8.07. The van der Waals surface area contributed by atoms with Crippen LogP contribution in [-0.4, -0.2) is 17.7 Å². The molecule has 3 rings (SSSR count). The molecule has 1 aliphatic carbocycles. The third kappa shape index (κ3) is 2.62. The van der Waals surface area contributed by atoms with Crippen LogP contribution in [0.5, 0.6) is 0 Å². The molecule has 1 heterocycles. The van der Waals surface area contributed by atoms with E-state index < -0.39 is 0 Å². The SMILES string of the molecule is CCOC1CC(Cc2nc3cc(Br)cc(N)c3o2)C1. The summed E-state index contributed by atoms with van der Waals surface area (Å²) in [5, 5.41) is 0. The highest BCUT2D eigenvalue weighted by Crippen LogP contribution is 2.34. The summed E-state index contributed by atoms with van der Waals surface area (Å²) in [7, 11) is 0. The van der Waals surface area contributed by atoms with Crippen molar-refractivity contribution >= 4 is 32.7 Å². The number of oxazole rings is 1. The first-order valence-electron chi connectivity index (χ1n) is 6.61. The minimum absolute atomic E-state index is 0.429. The Morgan fingerprint density at radius 1 is 1.47 bits per heavy atom. The second-order valence-electron chi connectivity index (χ2n) is 5.07. The van der Waals surface area contributed by atoms with Gasteiger partial charge in [-0.15, -0.1) is 0 Å². The van der Waals surface area contributed by atoms with Gasteiger partial charge in [0.2, 0.25) is 0 Å². The number of hydrogen-bond acceptors (Lipinski definition) is 4. The quantitative estimate of drug-likeness (QED) is 0.874. The molecular weight excluding hydrogens is 308 g/mol. The fourth-order valence-corrected chi connectivity index (χ4v) is 3.08. The lowest BCUT2D eigenvalue weighted by molar-refractivity contribution is -0.0254. The number of anilines is 1. The molecule has 0 saturated heterocycles. The number of hydrogen-bond donors (Lipinski definition) is 1. The zero-order chi connectivity index (χ0) is 13.4. The fourth-order valence-electron chi connectivity index (χ4n) is 2.62. The molecule has 0 bridgehead atoms. The van der Waals surface area contributed by atoms with Gasteiger partial charge in [0.15, 0.2) is 11.5 Å². The van der Waals surface area contributed by atoms with Crippen molar-refractivity contribution in [2.24, 2.45) is 5.92 Å². The number of nitrogens with zero attached hydrogens (tertiary/aromatic N) is 1. The van der Waals surface area contributed by atoms with E-state index in [0.717, 1.165) is 41.7 Å². The number of halogens is 1. The van der Waals surface area contributed by atoms with Crippen molar-refractivity contribution in [3.8, 4) is 0 Å². The Balaban J connectivity index is 1.71. The number of nitrogen functional groups attached to an aromatic ring is 1. The summed E-state index contributed by atoms with van der Waals surface area (Å²) in [6, 6.07) is 3.77. The highest BCUT2D eigenvalue weighted by atomic mass is 79.9.